The molecule has 0 atom stereocenters. The third kappa shape index (κ3) is 3.90. The quantitative estimate of drug-likeness (QED) is 0.702. The minimum absolute atomic E-state index is 0.258. The Morgan fingerprint density at radius 2 is 1.61 bits per heavy atom. The molecule has 2 aromatic rings. The van der Waals surface area contributed by atoms with Gasteiger partial charge in [-0.25, -0.2) is 9.78 Å². The van der Waals surface area contributed by atoms with Crippen molar-refractivity contribution in [2.24, 2.45) is 14.1 Å². The van der Waals surface area contributed by atoms with Crippen LogP contribution < -0.4 is 11.2 Å². The fraction of sp³-hybridized carbons (Fsp3) is 0.688. The molecule has 0 radical (unpaired) electrons. The lowest BCUT2D eigenvalue weighted by atomic mass is 10.1. The maximum atomic E-state index is 12.5. The van der Waals surface area contributed by atoms with Crippen LogP contribution in [0.1, 0.15) is 44.9 Å². The number of rotatable bonds is 9. The van der Waals surface area contributed by atoms with E-state index in [1.807, 2.05) is 0 Å². The van der Waals surface area contributed by atoms with Crippen LogP contribution in [0.4, 0.5) is 0 Å². The van der Waals surface area contributed by atoms with Crippen molar-refractivity contribution in [2.75, 3.05) is 6.61 Å². The summed E-state index contributed by atoms with van der Waals surface area (Å²) in [5.74, 6) is 0. The smallest absolute Gasteiger partial charge is 0.332 e. The predicted octanol–water partition coefficient (Wildman–Crippen LogP) is 1.16. The van der Waals surface area contributed by atoms with E-state index >= 15 is 0 Å². The number of imidazole rings is 1. The van der Waals surface area contributed by atoms with Crippen molar-refractivity contribution in [3.8, 4) is 0 Å². The van der Waals surface area contributed by atoms with Crippen molar-refractivity contribution < 1.29 is 5.11 Å². The molecule has 0 aromatic carbocycles. The van der Waals surface area contributed by atoms with Crippen molar-refractivity contribution >= 4 is 11.2 Å². The van der Waals surface area contributed by atoms with Crippen LogP contribution in [-0.2, 0) is 20.6 Å². The Morgan fingerprint density at radius 1 is 1.00 bits per heavy atom. The molecular formula is C16H26N4O3. The van der Waals surface area contributed by atoms with Crippen molar-refractivity contribution in [3.63, 3.8) is 0 Å². The van der Waals surface area contributed by atoms with Crippen LogP contribution in [0.3, 0.4) is 0 Å². The Morgan fingerprint density at radius 3 is 2.26 bits per heavy atom. The van der Waals surface area contributed by atoms with E-state index in [0.29, 0.717) is 17.7 Å². The Balaban J connectivity index is 1.97. The van der Waals surface area contributed by atoms with Crippen LogP contribution in [0.15, 0.2) is 15.9 Å². The molecule has 0 saturated heterocycles. The molecule has 2 rings (SSSR count). The van der Waals surface area contributed by atoms with Gasteiger partial charge in [-0.1, -0.05) is 32.1 Å². The zero-order chi connectivity index (χ0) is 16.8. The second-order valence-electron chi connectivity index (χ2n) is 6.02. The number of unbranched alkanes of at least 4 members (excludes halogenated alkanes) is 6. The van der Waals surface area contributed by atoms with Crippen LogP contribution in [0.5, 0.6) is 0 Å². The zero-order valence-corrected chi connectivity index (χ0v) is 14.0. The lowest BCUT2D eigenvalue weighted by Gasteiger charge is -2.08. The second-order valence-corrected chi connectivity index (χ2v) is 6.02. The van der Waals surface area contributed by atoms with Crippen LogP contribution >= 0.6 is 0 Å². The minimum Gasteiger partial charge on any atom is -0.396 e. The molecule has 0 aliphatic carbocycles. The van der Waals surface area contributed by atoms with Gasteiger partial charge in [-0.15, -0.1) is 0 Å². The SMILES string of the molecule is Cn1cnc2c1c(=O)n(CCCCCCCCCO)c(=O)n2C. The zero-order valence-electron chi connectivity index (χ0n) is 14.0. The molecule has 7 heteroatoms. The number of aryl methyl sites for hydroxylation is 2. The average molecular weight is 322 g/mol. The van der Waals surface area contributed by atoms with Gasteiger partial charge in [0.2, 0.25) is 0 Å². The topological polar surface area (TPSA) is 82.1 Å². The molecule has 0 amide bonds. The summed E-state index contributed by atoms with van der Waals surface area (Å²) in [7, 11) is 3.41. The number of aromatic nitrogens is 4. The maximum absolute atomic E-state index is 12.5. The molecule has 0 spiro atoms. The molecule has 1 N–H and O–H groups in total. The highest BCUT2D eigenvalue weighted by Gasteiger charge is 2.14. The summed E-state index contributed by atoms with van der Waals surface area (Å²) in [5, 5.41) is 8.72. The van der Waals surface area contributed by atoms with E-state index in [2.05, 4.69) is 4.98 Å². The van der Waals surface area contributed by atoms with Gasteiger partial charge in [0, 0.05) is 27.2 Å². The summed E-state index contributed by atoms with van der Waals surface area (Å²) in [6.07, 6.45) is 8.66. The van der Waals surface area contributed by atoms with E-state index in [9.17, 15) is 9.59 Å². The van der Waals surface area contributed by atoms with E-state index in [0.717, 1.165) is 44.9 Å². The van der Waals surface area contributed by atoms with Gasteiger partial charge in [-0.3, -0.25) is 13.9 Å². The largest absolute Gasteiger partial charge is 0.396 e. The van der Waals surface area contributed by atoms with Gasteiger partial charge in [0.25, 0.3) is 5.56 Å². The first-order valence-corrected chi connectivity index (χ1v) is 8.29. The fourth-order valence-corrected chi connectivity index (χ4v) is 2.86. The predicted molar refractivity (Wildman–Crippen MR) is 89.6 cm³/mol. The Hall–Kier alpha value is -1.89. The number of hydrogen-bond donors (Lipinski definition) is 1. The van der Waals surface area contributed by atoms with Gasteiger partial charge in [0.15, 0.2) is 11.2 Å². The van der Waals surface area contributed by atoms with E-state index in [-0.39, 0.29) is 17.9 Å². The summed E-state index contributed by atoms with van der Waals surface area (Å²) in [4.78, 5) is 28.9. The highest BCUT2D eigenvalue weighted by Crippen LogP contribution is 2.08. The number of hydrogen-bond acceptors (Lipinski definition) is 4. The first-order chi connectivity index (χ1) is 11.1. The molecular weight excluding hydrogens is 296 g/mol. The molecule has 23 heavy (non-hydrogen) atoms. The van der Waals surface area contributed by atoms with Crippen LogP contribution in [0, 0.1) is 0 Å². The highest BCUT2D eigenvalue weighted by atomic mass is 16.3. The van der Waals surface area contributed by atoms with E-state index in [1.165, 1.54) is 9.13 Å². The molecule has 0 fully saturated rings. The van der Waals surface area contributed by atoms with Gasteiger partial charge in [0.05, 0.1) is 6.33 Å². The fourth-order valence-electron chi connectivity index (χ4n) is 2.86. The van der Waals surface area contributed by atoms with Crippen LogP contribution in [0.2, 0.25) is 0 Å². The molecule has 2 heterocycles. The van der Waals surface area contributed by atoms with E-state index in [1.54, 1.807) is 25.0 Å². The number of aliphatic hydroxyl groups is 1. The molecule has 128 valence electrons. The second kappa shape index (κ2) is 8.10. The van der Waals surface area contributed by atoms with Crippen LogP contribution in [-0.4, -0.2) is 30.4 Å². The first kappa shape index (κ1) is 17.5. The molecule has 7 nitrogen and oxygen atoms in total. The summed E-state index contributed by atoms with van der Waals surface area (Å²) >= 11 is 0. The van der Waals surface area contributed by atoms with E-state index in [4.69, 9.17) is 5.11 Å². The van der Waals surface area contributed by atoms with Gasteiger partial charge >= 0.3 is 5.69 Å². The lowest BCUT2D eigenvalue weighted by molar-refractivity contribution is 0.282. The molecule has 0 aliphatic rings. The number of nitrogens with zero attached hydrogens (tertiary/aromatic N) is 4. The normalized spacial score (nSPS) is 11.4. The molecule has 2 aromatic heterocycles. The summed E-state index contributed by atoms with van der Waals surface area (Å²) in [5.41, 5.74) is 0.342. The first-order valence-electron chi connectivity index (χ1n) is 8.29. The van der Waals surface area contributed by atoms with Gasteiger partial charge in [-0.2, -0.15) is 0 Å². The third-order valence-corrected chi connectivity index (χ3v) is 4.24. The molecule has 0 saturated carbocycles. The Bertz CT molecular complexity index is 757. The van der Waals surface area contributed by atoms with E-state index < -0.39 is 0 Å². The average Bonchev–Trinajstić information content (AvgIpc) is 2.92. The lowest BCUT2D eigenvalue weighted by Crippen LogP contribution is -2.39. The van der Waals surface area contributed by atoms with Crippen molar-refractivity contribution in [2.45, 2.75) is 51.5 Å². The summed E-state index contributed by atoms with van der Waals surface area (Å²) in [6, 6.07) is 0. The highest BCUT2D eigenvalue weighted by molar-refractivity contribution is 5.69. The Labute approximate surface area is 135 Å². The van der Waals surface area contributed by atoms with Crippen LogP contribution in [0.25, 0.3) is 11.2 Å². The molecule has 0 aliphatic heterocycles. The summed E-state index contributed by atoms with van der Waals surface area (Å²) < 4.78 is 4.41. The summed E-state index contributed by atoms with van der Waals surface area (Å²) in [6.45, 7) is 0.714. The minimum atomic E-state index is -0.302. The maximum Gasteiger partial charge on any atom is 0.332 e. The monoisotopic (exact) mass is 322 g/mol. The standard InChI is InChI=1S/C16H26N4O3/c1-18-12-17-14-13(18)15(22)20(16(23)19(14)2)10-8-6-4-3-5-7-9-11-21/h12,21H,3-11H2,1-2H3. The van der Waals surface area contributed by atoms with Crippen molar-refractivity contribution in [1.29, 1.82) is 0 Å². The third-order valence-electron chi connectivity index (χ3n) is 4.24. The van der Waals surface area contributed by atoms with Gasteiger partial charge < -0.3 is 9.67 Å². The van der Waals surface area contributed by atoms with Crippen molar-refractivity contribution in [3.05, 3.63) is 27.2 Å². The van der Waals surface area contributed by atoms with Gasteiger partial charge in [0.1, 0.15) is 0 Å². The number of fused-ring (bicyclic) bond motifs is 1. The molecule has 0 bridgehead atoms. The molecule has 0 unspecified atom stereocenters. The van der Waals surface area contributed by atoms with Crippen molar-refractivity contribution in [1.82, 2.24) is 18.7 Å². The Kier molecular flexibility index (Phi) is 6.15. The number of aliphatic hydroxyl groups excluding tert-OH is 1. The van der Waals surface area contributed by atoms with Gasteiger partial charge in [-0.05, 0) is 12.8 Å².